The Morgan fingerprint density at radius 2 is 1.55 bits per heavy atom. The molecule has 2 rings (SSSR count). The highest BCUT2D eigenvalue weighted by atomic mass is 35.5. The lowest BCUT2D eigenvalue weighted by molar-refractivity contribution is -0.116. The second-order valence-electron chi connectivity index (χ2n) is 4.76. The largest absolute Gasteiger partial charge is 0.326 e. The quantitative estimate of drug-likeness (QED) is 0.731. The first-order valence-electron chi connectivity index (χ1n) is 6.74. The van der Waals surface area contributed by atoms with Crippen LogP contribution in [0.15, 0.2) is 42.5 Å². The molecule has 0 atom stereocenters. The molecule has 0 saturated carbocycles. The van der Waals surface area contributed by atoms with Crippen molar-refractivity contribution in [3.05, 3.63) is 63.1 Å². The fraction of sp³-hybridized carbons (Fsp3) is 0.188. The highest BCUT2D eigenvalue weighted by molar-refractivity contribution is 6.35. The van der Waals surface area contributed by atoms with Crippen LogP contribution in [0.1, 0.15) is 12.0 Å². The molecule has 0 aromatic heterocycles. The molecule has 0 aliphatic carbocycles. The van der Waals surface area contributed by atoms with Gasteiger partial charge in [-0.1, -0.05) is 46.9 Å². The molecule has 0 saturated heterocycles. The van der Waals surface area contributed by atoms with Gasteiger partial charge in [-0.15, -0.1) is 0 Å². The average Bonchev–Trinajstić information content (AvgIpc) is 2.44. The number of hydrogen-bond acceptors (Lipinski definition) is 2. The van der Waals surface area contributed by atoms with E-state index in [0.717, 1.165) is 5.56 Å². The SMILES string of the molecule is O=C(CCNCc1ccc(Cl)cc1)Nc1cc(Cl)cc(Cl)c1. The fourth-order valence-electron chi connectivity index (χ4n) is 1.89. The molecule has 1 amide bonds. The van der Waals surface area contributed by atoms with Gasteiger partial charge in [0.1, 0.15) is 0 Å². The van der Waals surface area contributed by atoms with Gasteiger partial charge in [-0.3, -0.25) is 4.79 Å². The Morgan fingerprint density at radius 3 is 2.18 bits per heavy atom. The van der Waals surface area contributed by atoms with E-state index in [-0.39, 0.29) is 5.91 Å². The number of nitrogens with one attached hydrogen (secondary N) is 2. The summed E-state index contributed by atoms with van der Waals surface area (Å²) in [4.78, 5) is 11.8. The van der Waals surface area contributed by atoms with E-state index < -0.39 is 0 Å². The second kappa shape index (κ2) is 8.39. The Morgan fingerprint density at radius 1 is 0.909 bits per heavy atom. The summed E-state index contributed by atoms with van der Waals surface area (Å²) in [7, 11) is 0. The van der Waals surface area contributed by atoms with Gasteiger partial charge in [-0.05, 0) is 35.9 Å². The zero-order valence-corrected chi connectivity index (χ0v) is 14.0. The highest BCUT2D eigenvalue weighted by Crippen LogP contribution is 2.22. The van der Waals surface area contributed by atoms with E-state index in [4.69, 9.17) is 34.8 Å². The normalized spacial score (nSPS) is 10.5. The first-order valence-corrected chi connectivity index (χ1v) is 7.87. The first kappa shape index (κ1) is 17.1. The van der Waals surface area contributed by atoms with E-state index in [1.165, 1.54) is 0 Å². The third-order valence-corrected chi connectivity index (χ3v) is 3.61. The summed E-state index contributed by atoms with van der Waals surface area (Å²) in [6, 6.07) is 12.5. The van der Waals surface area contributed by atoms with Crippen LogP contribution in [0.25, 0.3) is 0 Å². The smallest absolute Gasteiger partial charge is 0.225 e. The lowest BCUT2D eigenvalue weighted by Gasteiger charge is -2.07. The predicted molar refractivity (Wildman–Crippen MR) is 92.9 cm³/mol. The highest BCUT2D eigenvalue weighted by Gasteiger charge is 2.04. The number of rotatable bonds is 6. The van der Waals surface area contributed by atoms with Crippen LogP contribution in [0.2, 0.25) is 15.1 Å². The van der Waals surface area contributed by atoms with Crippen molar-refractivity contribution in [3.63, 3.8) is 0 Å². The van der Waals surface area contributed by atoms with Crippen molar-refractivity contribution in [1.29, 1.82) is 0 Å². The van der Waals surface area contributed by atoms with Crippen LogP contribution >= 0.6 is 34.8 Å². The van der Waals surface area contributed by atoms with E-state index in [9.17, 15) is 4.79 Å². The van der Waals surface area contributed by atoms with Crippen LogP contribution in [-0.4, -0.2) is 12.5 Å². The van der Waals surface area contributed by atoms with Gasteiger partial charge in [0, 0.05) is 40.3 Å². The minimum atomic E-state index is -0.0954. The lowest BCUT2D eigenvalue weighted by atomic mass is 10.2. The zero-order chi connectivity index (χ0) is 15.9. The van der Waals surface area contributed by atoms with Crippen molar-refractivity contribution in [3.8, 4) is 0 Å². The molecular weight excluding hydrogens is 343 g/mol. The summed E-state index contributed by atoms with van der Waals surface area (Å²) in [5.41, 5.74) is 1.71. The summed E-state index contributed by atoms with van der Waals surface area (Å²) >= 11 is 17.6. The van der Waals surface area contributed by atoms with Gasteiger partial charge in [-0.2, -0.15) is 0 Å². The molecule has 22 heavy (non-hydrogen) atoms. The average molecular weight is 358 g/mol. The first-order chi connectivity index (χ1) is 10.5. The number of hydrogen-bond donors (Lipinski definition) is 2. The molecule has 116 valence electrons. The standard InChI is InChI=1S/C16H15Cl3N2O/c17-12-3-1-11(2-4-12)10-20-6-5-16(22)21-15-8-13(18)7-14(19)9-15/h1-4,7-9,20H,5-6,10H2,(H,21,22). The molecule has 0 bridgehead atoms. The number of anilines is 1. The minimum Gasteiger partial charge on any atom is -0.326 e. The fourth-order valence-corrected chi connectivity index (χ4v) is 2.54. The van der Waals surface area contributed by atoms with Crippen molar-refractivity contribution in [2.75, 3.05) is 11.9 Å². The molecule has 0 aliphatic rings. The molecule has 0 fully saturated rings. The molecule has 2 aromatic rings. The van der Waals surface area contributed by atoms with Crippen LogP contribution in [-0.2, 0) is 11.3 Å². The number of carbonyl (C=O) groups is 1. The van der Waals surface area contributed by atoms with Crippen LogP contribution in [0.5, 0.6) is 0 Å². The number of benzene rings is 2. The summed E-state index contributed by atoms with van der Waals surface area (Å²) in [5, 5.41) is 7.66. The van der Waals surface area contributed by atoms with Crippen molar-refractivity contribution >= 4 is 46.4 Å². The summed E-state index contributed by atoms with van der Waals surface area (Å²) in [6.45, 7) is 1.26. The molecule has 0 unspecified atom stereocenters. The molecule has 2 aromatic carbocycles. The monoisotopic (exact) mass is 356 g/mol. The molecule has 0 aliphatic heterocycles. The van der Waals surface area contributed by atoms with Crippen molar-refractivity contribution in [2.45, 2.75) is 13.0 Å². The lowest BCUT2D eigenvalue weighted by Crippen LogP contribution is -2.21. The van der Waals surface area contributed by atoms with E-state index >= 15 is 0 Å². The summed E-state index contributed by atoms with van der Waals surface area (Å²) < 4.78 is 0. The van der Waals surface area contributed by atoms with Crippen LogP contribution in [0.3, 0.4) is 0 Å². The van der Waals surface area contributed by atoms with Gasteiger partial charge >= 0.3 is 0 Å². The van der Waals surface area contributed by atoms with Gasteiger partial charge < -0.3 is 10.6 Å². The minimum absolute atomic E-state index is 0.0954. The maximum atomic E-state index is 11.8. The van der Waals surface area contributed by atoms with Crippen LogP contribution < -0.4 is 10.6 Å². The van der Waals surface area contributed by atoms with Crippen LogP contribution in [0, 0.1) is 0 Å². The number of halogens is 3. The van der Waals surface area contributed by atoms with Gasteiger partial charge in [0.05, 0.1) is 0 Å². The van der Waals surface area contributed by atoms with Gasteiger partial charge in [0.15, 0.2) is 0 Å². The van der Waals surface area contributed by atoms with E-state index in [0.29, 0.717) is 40.3 Å². The predicted octanol–water partition coefficient (Wildman–Crippen LogP) is 4.77. The third-order valence-electron chi connectivity index (χ3n) is 2.92. The Hall–Kier alpha value is -1.26. The summed E-state index contributed by atoms with van der Waals surface area (Å²) in [5.74, 6) is -0.0954. The Bertz CT molecular complexity index is 624. The van der Waals surface area contributed by atoms with Crippen molar-refractivity contribution in [1.82, 2.24) is 5.32 Å². The molecular formula is C16H15Cl3N2O. The Labute approximate surface area is 144 Å². The summed E-state index contributed by atoms with van der Waals surface area (Å²) in [6.07, 6.45) is 0.359. The molecule has 3 nitrogen and oxygen atoms in total. The molecule has 6 heteroatoms. The second-order valence-corrected chi connectivity index (χ2v) is 6.07. The Kier molecular flexibility index (Phi) is 6.52. The zero-order valence-electron chi connectivity index (χ0n) is 11.7. The van der Waals surface area contributed by atoms with E-state index in [1.54, 1.807) is 18.2 Å². The van der Waals surface area contributed by atoms with Gasteiger partial charge in [0.25, 0.3) is 0 Å². The maximum absolute atomic E-state index is 11.8. The molecule has 0 heterocycles. The van der Waals surface area contributed by atoms with Gasteiger partial charge in [0.2, 0.25) is 5.91 Å². The van der Waals surface area contributed by atoms with Crippen molar-refractivity contribution in [2.24, 2.45) is 0 Å². The van der Waals surface area contributed by atoms with Crippen LogP contribution in [0.4, 0.5) is 5.69 Å². The van der Waals surface area contributed by atoms with Crippen molar-refractivity contribution < 1.29 is 4.79 Å². The Balaban J connectivity index is 1.72. The van der Waals surface area contributed by atoms with E-state index in [1.807, 2.05) is 24.3 Å². The number of carbonyl (C=O) groups excluding carboxylic acids is 1. The molecule has 0 spiro atoms. The number of amides is 1. The molecule has 2 N–H and O–H groups in total. The topological polar surface area (TPSA) is 41.1 Å². The van der Waals surface area contributed by atoms with E-state index in [2.05, 4.69) is 10.6 Å². The molecule has 0 radical (unpaired) electrons. The maximum Gasteiger partial charge on any atom is 0.225 e. The van der Waals surface area contributed by atoms with Gasteiger partial charge in [-0.25, -0.2) is 0 Å². The third kappa shape index (κ3) is 5.85.